The van der Waals surface area contributed by atoms with Crippen molar-refractivity contribution < 1.29 is 9.72 Å². The SMILES string of the molecule is CC[C@H](C)[C@@H]1N=C2c3ccccc3N=C(SCc3ccc([N+](=O)[O-])cc3)N2C1=O. The second-order valence-corrected chi connectivity index (χ2v) is 8.02. The Labute approximate surface area is 172 Å². The summed E-state index contributed by atoms with van der Waals surface area (Å²) in [6, 6.07) is 13.7. The number of amides is 1. The predicted octanol–water partition coefficient (Wildman–Crippen LogP) is 4.53. The maximum absolute atomic E-state index is 13.1. The number of nitro benzene ring substituents is 1. The summed E-state index contributed by atoms with van der Waals surface area (Å²) in [5.41, 5.74) is 2.65. The Hall–Kier alpha value is -3.00. The second kappa shape index (κ2) is 7.79. The first kappa shape index (κ1) is 19.3. The zero-order valence-corrected chi connectivity index (χ0v) is 16.9. The molecular weight excluding hydrogens is 388 g/mol. The van der Waals surface area contributed by atoms with E-state index >= 15 is 0 Å². The fraction of sp³-hybridized carbons (Fsp3) is 0.286. The summed E-state index contributed by atoms with van der Waals surface area (Å²) in [6.07, 6.45) is 0.866. The van der Waals surface area contributed by atoms with Gasteiger partial charge in [0.25, 0.3) is 11.6 Å². The van der Waals surface area contributed by atoms with Crippen molar-refractivity contribution in [3.8, 4) is 0 Å². The Bertz CT molecular complexity index is 1030. The second-order valence-electron chi connectivity index (χ2n) is 7.08. The number of nitrogens with zero attached hydrogens (tertiary/aromatic N) is 4. The number of para-hydroxylation sites is 1. The molecule has 0 fully saturated rings. The first-order valence-corrected chi connectivity index (χ1v) is 10.4. The monoisotopic (exact) mass is 408 g/mol. The average Bonchev–Trinajstić information content (AvgIpc) is 3.09. The van der Waals surface area contributed by atoms with Crippen molar-refractivity contribution in [2.45, 2.75) is 32.1 Å². The number of aliphatic imine (C=N–C) groups is 2. The number of nitro groups is 1. The summed E-state index contributed by atoms with van der Waals surface area (Å²) in [4.78, 5) is 34.7. The van der Waals surface area contributed by atoms with Crippen molar-refractivity contribution in [3.63, 3.8) is 0 Å². The lowest BCUT2D eigenvalue weighted by Gasteiger charge is -2.26. The standard InChI is InChI=1S/C21H20N4O3S/c1-3-13(2)18-20(26)24-19(23-18)16-6-4-5-7-17(16)22-21(24)29-12-14-8-10-15(11-9-14)25(27)28/h4-11,13,18H,3,12H2,1-2H3/t13-,18-/m0/s1. The Morgan fingerprint density at radius 1 is 1.21 bits per heavy atom. The third-order valence-electron chi connectivity index (χ3n) is 5.20. The molecule has 0 aromatic heterocycles. The van der Waals surface area contributed by atoms with Gasteiger partial charge in [-0.05, 0) is 23.6 Å². The third-order valence-corrected chi connectivity index (χ3v) is 6.21. The van der Waals surface area contributed by atoms with E-state index in [0.717, 1.165) is 23.2 Å². The van der Waals surface area contributed by atoms with E-state index in [1.54, 1.807) is 17.0 Å². The molecule has 4 rings (SSSR count). The molecule has 0 saturated heterocycles. The summed E-state index contributed by atoms with van der Waals surface area (Å²) in [5, 5.41) is 11.4. The predicted molar refractivity (Wildman–Crippen MR) is 115 cm³/mol. The minimum Gasteiger partial charge on any atom is -0.271 e. The highest BCUT2D eigenvalue weighted by atomic mass is 32.2. The zero-order chi connectivity index (χ0) is 20.5. The molecule has 0 aliphatic carbocycles. The van der Waals surface area contributed by atoms with Gasteiger partial charge in [-0.3, -0.25) is 19.9 Å². The molecule has 2 aliphatic heterocycles. The van der Waals surface area contributed by atoms with Crippen molar-refractivity contribution in [2.75, 3.05) is 0 Å². The Balaban J connectivity index is 1.63. The molecule has 7 nitrogen and oxygen atoms in total. The molecule has 2 aromatic carbocycles. The number of hydrogen-bond acceptors (Lipinski definition) is 6. The molecule has 2 heterocycles. The first-order valence-electron chi connectivity index (χ1n) is 9.45. The Kier molecular flexibility index (Phi) is 5.19. The number of rotatable bonds is 5. The smallest absolute Gasteiger partial charge is 0.269 e. The highest BCUT2D eigenvalue weighted by Gasteiger charge is 2.42. The van der Waals surface area contributed by atoms with Crippen LogP contribution in [0.2, 0.25) is 0 Å². The molecule has 0 N–H and O–H groups in total. The normalized spacial score (nSPS) is 18.6. The van der Waals surface area contributed by atoms with E-state index < -0.39 is 11.0 Å². The number of carbonyl (C=O) groups excluding carboxylic acids is 1. The molecule has 2 atom stereocenters. The summed E-state index contributed by atoms with van der Waals surface area (Å²) in [5.74, 6) is 1.31. The molecule has 0 unspecified atom stereocenters. The molecule has 2 aliphatic rings. The van der Waals surface area contributed by atoms with Crippen LogP contribution in [-0.2, 0) is 10.5 Å². The van der Waals surface area contributed by atoms with Crippen LogP contribution in [0.25, 0.3) is 0 Å². The van der Waals surface area contributed by atoms with Crippen LogP contribution >= 0.6 is 11.8 Å². The van der Waals surface area contributed by atoms with Crippen LogP contribution in [-0.4, -0.2) is 32.8 Å². The average molecular weight is 408 g/mol. The van der Waals surface area contributed by atoms with Crippen LogP contribution < -0.4 is 0 Å². The highest BCUT2D eigenvalue weighted by Crippen LogP contribution is 2.36. The number of thioether (sulfide) groups is 1. The van der Waals surface area contributed by atoms with Gasteiger partial charge in [-0.15, -0.1) is 0 Å². The van der Waals surface area contributed by atoms with Crippen LogP contribution in [0, 0.1) is 16.0 Å². The van der Waals surface area contributed by atoms with Crippen LogP contribution in [0.4, 0.5) is 11.4 Å². The molecule has 0 saturated carbocycles. The molecule has 0 radical (unpaired) electrons. The largest absolute Gasteiger partial charge is 0.271 e. The topological polar surface area (TPSA) is 88.2 Å². The van der Waals surface area contributed by atoms with Gasteiger partial charge in [0.05, 0.1) is 10.6 Å². The lowest BCUT2D eigenvalue weighted by atomic mass is 10.00. The molecule has 148 valence electrons. The molecule has 0 spiro atoms. The van der Waals surface area contributed by atoms with E-state index in [0.29, 0.717) is 16.8 Å². The lowest BCUT2D eigenvalue weighted by molar-refractivity contribution is -0.384. The van der Waals surface area contributed by atoms with Crippen molar-refractivity contribution in [3.05, 3.63) is 69.8 Å². The summed E-state index contributed by atoms with van der Waals surface area (Å²) in [7, 11) is 0. The number of fused-ring (bicyclic) bond motifs is 3. The van der Waals surface area contributed by atoms with E-state index in [4.69, 9.17) is 9.98 Å². The van der Waals surface area contributed by atoms with E-state index in [1.807, 2.05) is 31.2 Å². The summed E-state index contributed by atoms with van der Waals surface area (Å²) >= 11 is 1.43. The molecular formula is C21H20N4O3S. The van der Waals surface area contributed by atoms with Gasteiger partial charge in [0.2, 0.25) is 0 Å². The van der Waals surface area contributed by atoms with Gasteiger partial charge in [-0.2, -0.15) is 0 Å². The van der Waals surface area contributed by atoms with Gasteiger partial charge in [0.1, 0.15) is 11.9 Å². The van der Waals surface area contributed by atoms with E-state index in [9.17, 15) is 14.9 Å². The molecule has 0 bridgehead atoms. The highest BCUT2D eigenvalue weighted by molar-refractivity contribution is 8.13. The number of amidine groups is 2. The molecule has 1 amide bonds. The van der Waals surface area contributed by atoms with Gasteiger partial charge >= 0.3 is 0 Å². The van der Waals surface area contributed by atoms with E-state index in [1.165, 1.54) is 23.9 Å². The molecule has 29 heavy (non-hydrogen) atoms. The number of non-ortho nitro benzene ring substituents is 1. The van der Waals surface area contributed by atoms with E-state index in [2.05, 4.69) is 6.92 Å². The van der Waals surface area contributed by atoms with Crippen molar-refractivity contribution in [1.29, 1.82) is 0 Å². The Morgan fingerprint density at radius 3 is 2.62 bits per heavy atom. The maximum Gasteiger partial charge on any atom is 0.269 e. The van der Waals surface area contributed by atoms with Crippen LogP contribution in [0.1, 0.15) is 31.4 Å². The fourth-order valence-electron chi connectivity index (χ4n) is 3.32. The maximum atomic E-state index is 13.1. The number of benzene rings is 2. The fourth-order valence-corrected chi connectivity index (χ4v) is 4.28. The summed E-state index contributed by atoms with van der Waals surface area (Å²) < 4.78 is 0. The molecule has 8 heteroatoms. The van der Waals surface area contributed by atoms with Gasteiger partial charge in [-0.1, -0.05) is 56.3 Å². The van der Waals surface area contributed by atoms with Crippen molar-refractivity contribution >= 4 is 40.0 Å². The lowest BCUT2D eigenvalue weighted by Crippen LogP contribution is -2.42. The number of hydrogen-bond donors (Lipinski definition) is 0. The minimum absolute atomic E-state index is 0.0428. The van der Waals surface area contributed by atoms with Crippen LogP contribution in [0.5, 0.6) is 0 Å². The van der Waals surface area contributed by atoms with Crippen LogP contribution in [0.3, 0.4) is 0 Å². The van der Waals surface area contributed by atoms with Crippen molar-refractivity contribution in [2.24, 2.45) is 15.9 Å². The van der Waals surface area contributed by atoms with Crippen molar-refractivity contribution in [1.82, 2.24) is 4.90 Å². The van der Waals surface area contributed by atoms with Gasteiger partial charge in [0, 0.05) is 23.4 Å². The van der Waals surface area contributed by atoms with Gasteiger partial charge in [0.15, 0.2) is 5.17 Å². The third kappa shape index (κ3) is 3.55. The minimum atomic E-state index is -0.417. The quantitative estimate of drug-likeness (QED) is 0.537. The van der Waals surface area contributed by atoms with E-state index in [-0.39, 0.29) is 17.5 Å². The summed E-state index contributed by atoms with van der Waals surface area (Å²) in [6.45, 7) is 4.10. The van der Waals surface area contributed by atoms with Gasteiger partial charge in [-0.25, -0.2) is 9.89 Å². The first-order chi connectivity index (χ1) is 14.0. The van der Waals surface area contributed by atoms with Gasteiger partial charge < -0.3 is 0 Å². The van der Waals surface area contributed by atoms with Crippen LogP contribution in [0.15, 0.2) is 58.5 Å². The molecule has 2 aromatic rings. The Morgan fingerprint density at radius 2 is 1.93 bits per heavy atom. The number of carbonyl (C=O) groups is 1. The zero-order valence-electron chi connectivity index (χ0n) is 16.1.